The summed E-state index contributed by atoms with van der Waals surface area (Å²) in [5, 5.41) is 3.17. The van der Waals surface area contributed by atoms with Crippen LogP contribution >= 0.6 is 0 Å². The van der Waals surface area contributed by atoms with E-state index in [9.17, 15) is 9.59 Å². The van der Waals surface area contributed by atoms with E-state index in [-0.39, 0.29) is 11.3 Å². The van der Waals surface area contributed by atoms with E-state index in [1.54, 1.807) is 0 Å². The van der Waals surface area contributed by atoms with Crippen LogP contribution in [0.1, 0.15) is 97.9 Å². The largest absolute Gasteiger partial charge is 0.351 e. The first-order valence-electron chi connectivity index (χ1n) is 12.0. The molecule has 0 fully saturated rings. The van der Waals surface area contributed by atoms with Crippen LogP contribution < -0.4 is 10.7 Å². The molecule has 0 aliphatic carbocycles. The molecule has 31 heavy (non-hydrogen) atoms. The van der Waals surface area contributed by atoms with Gasteiger partial charge in [-0.05, 0) is 62.1 Å². The quantitative estimate of drug-likeness (QED) is 0.514. The first kappa shape index (κ1) is 24.9. The van der Waals surface area contributed by atoms with Crippen molar-refractivity contribution in [2.75, 3.05) is 5.32 Å². The van der Waals surface area contributed by atoms with E-state index in [2.05, 4.69) is 49.7 Å². The second-order valence-electron chi connectivity index (χ2n) is 8.43. The number of benzene rings is 1. The van der Waals surface area contributed by atoms with Crippen molar-refractivity contribution in [1.29, 1.82) is 0 Å². The molecule has 2 rings (SSSR count). The minimum atomic E-state index is -0.269. The first-order valence-corrected chi connectivity index (χ1v) is 12.0. The lowest BCUT2D eigenvalue weighted by Crippen LogP contribution is -2.31. The number of rotatable bonds is 10. The molecule has 170 valence electrons. The van der Waals surface area contributed by atoms with Crippen molar-refractivity contribution in [3.05, 3.63) is 61.6 Å². The van der Waals surface area contributed by atoms with Crippen molar-refractivity contribution in [2.45, 2.75) is 92.9 Å². The van der Waals surface area contributed by atoms with Crippen molar-refractivity contribution in [2.24, 2.45) is 7.05 Å². The lowest BCUT2D eigenvalue weighted by molar-refractivity contribution is 0.102. The average Bonchev–Trinajstić information content (AvgIpc) is 2.76. The minimum Gasteiger partial charge on any atom is -0.351 e. The number of hydrogen-bond acceptors (Lipinski definition) is 2. The number of hydrogen-bond donors (Lipinski definition) is 1. The molecule has 1 heterocycles. The fourth-order valence-electron chi connectivity index (χ4n) is 4.47. The first-order chi connectivity index (χ1) is 14.8. The number of carbonyl (C=O) groups excluding carboxylic acids is 1. The van der Waals surface area contributed by atoms with Gasteiger partial charge in [-0.3, -0.25) is 9.59 Å². The van der Waals surface area contributed by atoms with Crippen LogP contribution in [0.3, 0.4) is 0 Å². The Morgan fingerprint density at radius 2 is 1.55 bits per heavy atom. The molecule has 0 bridgehead atoms. The normalized spacial score (nSPS) is 11.1. The summed E-state index contributed by atoms with van der Waals surface area (Å²) in [5.41, 5.74) is 7.24. The fraction of sp³-hybridized carbons (Fsp3) is 0.556. The predicted octanol–water partition coefficient (Wildman–Crippen LogP) is 5.93. The Hall–Kier alpha value is -2.36. The van der Waals surface area contributed by atoms with E-state index < -0.39 is 0 Å². The third kappa shape index (κ3) is 5.28. The SMILES string of the molecule is CCCCc1c(C(=O)Nc2c(CC)cc(CCC)cc2CC)c(=O)c(CC)c(C)n1C. The summed E-state index contributed by atoms with van der Waals surface area (Å²) in [5.74, 6) is -0.269. The molecule has 1 aromatic heterocycles. The fourth-order valence-corrected chi connectivity index (χ4v) is 4.47. The summed E-state index contributed by atoms with van der Waals surface area (Å²) in [6.45, 7) is 12.5. The number of aryl methyl sites for hydroxylation is 3. The zero-order valence-electron chi connectivity index (χ0n) is 20.6. The van der Waals surface area contributed by atoms with Crippen LogP contribution in [0.5, 0.6) is 0 Å². The Kier molecular flexibility index (Phi) is 9.09. The maximum Gasteiger partial charge on any atom is 0.261 e. The second kappa shape index (κ2) is 11.3. The number of anilines is 1. The van der Waals surface area contributed by atoms with Crippen molar-refractivity contribution in [1.82, 2.24) is 4.57 Å². The molecule has 0 unspecified atom stereocenters. The molecule has 0 aliphatic heterocycles. The smallest absolute Gasteiger partial charge is 0.261 e. The summed E-state index contributed by atoms with van der Waals surface area (Å²) in [6.07, 6.45) is 7.13. The summed E-state index contributed by atoms with van der Waals surface area (Å²) >= 11 is 0. The van der Waals surface area contributed by atoms with E-state index in [0.29, 0.717) is 12.0 Å². The molecule has 0 atom stereocenters. The molecule has 1 N–H and O–H groups in total. The molecule has 2 aromatic rings. The van der Waals surface area contributed by atoms with Gasteiger partial charge in [0, 0.05) is 29.7 Å². The van der Waals surface area contributed by atoms with Crippen LogP contribution in [0, 0.1) is 6.92 Å². The van der Waals surface area contributed by atoms with Gasteiger partial charge < -0.3 is 9.88 Å². The maximum absolute atomic E-state index is 13.6. The Bertz CT molecular complexity index is 961. The van der Waals surface area contributed by atoms with Crippen LogP contribution in [-0.4, -0.2) is 10.5 Å². The number of carbonyl (C=O) groups is 1. The van der Waals surface area contributed by atoms with Gasteiger partial charge in [0.2, 0.25) is 0 Å². The monoisotopic (exact) mass is 424 g/mol. The topological polar surface area (TPSA) is 51.1 Å². The highest BCUT2D eigenvalue weighted by atomic mass is 16.2. The van der Waals surface area contributed by atoms with Gasteiger partial charge in [0.25, 0.3) is 5.91 Å². The summed E-state index contributed by atoms with van der Waals surface area (Å²) in [4.78, 5) is 26.9. The van der Waals surface area contributed by atoms with E-state index >= 15 is 0 Å². The van der Waals surface area contributed by atoms with Gasteiger partial charge in [0.1, 0.15) is 5.56 Å². The maximum atomic E-state index is 13.6. The lowest BCUT2D eigenvalue weighted by Gasteiger charge is -2.21. The summed E-state index contributed by atoms with van der Waals surface area (Å²) in [6, 6.07) is 4.42. The van der Waals surface area contributed by atoms with Crippen molar-refractivity contribution in [3.8, 4) is 0 Å². The number of nitrogens with zero attached hydrogens (tertiary/aromatic N) is 1. The standard InChI is InChI=1S/C27H40N2O2/c1-8-13-15-23-24(26(30)22(12-5)18(6)29(23)7)27(31)28-25-20(10-3)16-19(14-9-2)17-21(25)11-4/h16-17H,8-15H2,1-7H3,(H,28,31). The number of unbranched alkanes of at least 4 members (excludes halogenated alkanes) is 1. The van der Waals surface area contributed by atoms with Gasteiger partial charge in [0.05, 0.1) is 0 Å². The lowest BCUT2D eigenvalue weighted by atomic mass is 9.96. The highest BCUT2D eigenvalue weighted by Gasteiger charge is 2.23. The third-order valence-corrected chi connectivity index (χ3v) is 6.38. The van der Waals surface area contributed by atoms with Crippen molar-refractivity contribution < 1.29 is 4.79 Å². The zero-order chi connectivity index (χ0) is 23.1. The van der Waals surface area contributed by atoms with E-state index in [1.165, 1.54) is 5.56 Å². The van der Waals surface area contributed by atoms with Gasteiger partial charge in [-0.25, -0.2) is 0 Å². The highest BCUT2D eigenvalue weighted by Crippen LogP contribution is 2.27. The number of pyridine rings is 1. The molecule has 4 heteroatoms. The highest BCUT2D eigenvalue weighted by molar-refractivity contribution is 6.06. The van der Waals surface area contributed by atoms with Gasteiger partial charge >= 0.3 is 0 Å². The molecule has 1 aromatic carbocycles. The van der Waals surface area contributed by atoms with Gasteiger partial charge in [0.15, 0.2) is 5.43 Å². The van der Waals surface area contributed by atoms with E-state index in [0.717, 1.165) is 78.7 Å². The van der Waals surface area contributed by atoms with Crippen LogP contribution in [0.15, 0.2) is 16.9 Å². The molecule has 0 spiro atoms. The van der Waals surface area contributed by atoms with E-state index in [1.807, 2.05) is 20.9 Å². The van der Waals surface area contributed by atoms with Crippen molar-refractivity contribution in [3.63, 3.8) is 0 Å². The average molecular weight is 425 g/mol. The van der Waals surface area contributed by atoms with Crippen LogP contribution in [0.4, 0.5) is 5.69 Å². The van der Waals surface area contributed by atoms with Crippen LogP contribution in [0.25, 0.3) is 0 Å². The molecule has 1 amide bonds. The summed E-state index contributed by atoms with van der Waals surface area (Å²) < 4.78 is 2.05. The van der Waals surface area contributed by atoms with E-state index in [4.69, 9.17) is 0 Å². The number of nitrogens with one attached hydrogen (secondary N) is 1. The van der Waals surface area contributed by atoms with Gasteiger partial charge in [-0.2, -0.15) is 0 Å². The molecule has 0 aliphatic rings. The third-order valence-electron chi connectivity index (χ3n) is 6.38. The molecular weight excluding hydrogens is 384 g/mol. The molecule has 0 saturated carbocycles. The van der Waals surface area contributed by atoms with Crippen LogP contribution in [-0.2, 0) is 39.2 Å². The number of aromatic nitrogens is 1. The molecular formula is C27H40N2O2. The zero-order valence-corrected chi connectivity index (χ0v) is 20.6. The second-order valence-corrected chi connectivity index (χ2v) is 8.43. The number of amides is 1. The Morgan fingerprint density at radius 3 is 2.03 bits per heavy atom. The minimum absolute atomic E-state index is 0.111. The van der Waals surface area contributed by atoms with Crippen LogP contribution in [0.2, 0.25) is 0 Å². The van der Waals surface area contributed by atoms with Crippen molar-refractivity contribution >= 4 is 11.6 Å². The van der Waals surface area contributed by atoms with Gasteiger partial charge in [-0.1, -0.05) is 59.6 Å². The Balaban J connectivity index is 2.62. The van der Waals surface area contributed by atoms with Gasteiger partial charge in [-0.15, -0.1) is 0 Å². The predicted molar refractivity (Wildman–Crippen MR) is 132 cm³/mol. The summed E-state index contributed by atoms with van der Waals surface area (Å²) in [7, 11) is 1.98. The molecule has 0 radical (unpaired) electrons. The Morgan fingerprint density at radius 1 is 0.935 bits per heavy atom. The Labute approximate surface area is 188 Å². The molecule has 4 nitrogen and oxygen atoms in total. The molecule has 0 saturated heterocycles.